The van der Waals surface area contributed by atoms with Gasteiger partial charge in [-0.15, -0.1) is 11.3 Å². The predicted octanol–water partition coefficient (Wildman–Crippen LogP) is 4.29. The van der Waals surface area contributed by atoms with E-state index in [0.29, 0.717) is 0 Å². The summed E-state index contributed by atoms with van der Waals surface area (Å²) in [6, 6.07) is 8.24. The van der Waals surface area contributed by atoms with E-state index in [-0.39, 0.29) is 10.8 Å². The summed E-state index contributed by atoms with van der Waals surface area (Å²) in [6.07, 6.45) is -1.52. The van der Waals surface area contributed by atoms with Crippen molar-refractivity contribution in [2.45, 2.75) is 6.18 Å². The van der Waals surface area contributed by atoms with Gasteiger partial charge in [-0.2, -0.15) is 13.2 Å². The van der Waals surface area contributed by atoms with Crippen LogP contribution in [0, 0.1) is 0 Å². The van der Waals surface area contributed by atoms with Crippen LogP contribution in [0.5, 0.6) is 0 Å². The van der Waals surface area contributed by atoms with Gasteiger partial charge in [-0.05, 0) is 47.9 Å². The molecule has 2 aromatic rings. The van der Waals surface area contributed by atoms with E-state index in [1.54, 1.807) is 6.08 Å². The number of alkyl halides is 3. The topological polar surface area (TPSA) is 41.1 Å². The summed E-state index contributed by atoms with van der Waals surface area (Å²) in [6.45, 7) is 0. The highest BCUT2D eigenvalue weighted by molar-refractivity contribution is 7.80. The molecule has 0 unspecified atom stereocenters. The Hall–Kier alpha value is -2.19. The Morgan fingerprint density at radius 3 is 2.65 bits per heavy atom. The van der Waals surface area contributed by atoms with Gasteiger partial charge in [0.15, 0.2) is 5.11 Å². The van der Waals surface area contributed by atoms with Crippen LogP contribution >= 0.6 is 23.6 Å². The molecule has 0 radical (unpaired) electrons. The number of carbonyl (C=O) groups excluding carboxylic acids is 1. The lowest BCUT2D eigenvalue weighted by molar-refractivity contribution is -0.137. The summed E-state index contributed by atoms with van der Waals surface area (Å²) >= 11 is 6.38. The zero-order valence-corrected chi connectivity index (χ0v) is 13.2. The van der Waals surface area contributed by atoms with Crippen LogP contribution in [0.25, 0.3) is 6.08 Å². The quantitative estimate of drug-likeness (QED) is 0.637. The lowest BCUT2D eigenvalue weighted by Crippen LogP contribution is -2.32. The molecule has 3 nitrogen and oxygen atoms in total. The third-order valence-electron chi connectivity index (χ3n) is 2.63. The van der Waals surface area contributed by atoms with Gasteiger partial charge in [-0.25, -0.2) is 0 Å². The van der Waals surface area contributed by atoms with Crippen LogP contribution in [0.1, 0.15) is 10.4 Å². The second kappa shape index (κ2) is 7.38. The highest BCUT2D eigenvalue weighted by Gasteiger charge is 2.30. The molecule has 0 bridgehead atoms. The number of benzene rings is 1. The smallest absolute Gasteiger partial charge is 0.332 e. The molecule has 0 fully saturated rings. The predicted molar refractivity (Wildman–Crippen MR) is 89.2 cm³/mol. The Bertz CT molecular complexity index is 725. The first-order valence-corrected chi connectivity index (χ1v) is 7.64. The fourth-order valence-corrected chi connectivity index (χ4v) is 2.47. The monoisotopic (exact) mass is 356 g/mol. The summed E-state index contributed by atoms with van der Waals surface area (Å²) in [5.41, 5.74) is -0.651. The zero-order valence-electron chi connectivity index (χ0n) is 11.6. The van der Waals surface area contributed by atoms with Crippen LogP contribution < -0.4 is 10.6 Å². The number of halogens is 3. The van der Waals surface area contributed by atoms with Crippen LogP contribution in [-0.2, 0) is 11.0 Å². The van der Waals surface area contributed by atoms with E-state index in [9.17, 15) is 18.0 Å². The Balaban J connectivity index is 1.93. The van der Waals surface area contributed by atoms with E-state index in [1.807, 2.05) is 17.5 Å². The Labute approximate surface area is 139 Å². The maximum Gasteiger partial charge on any atom is 0.416 e. The number of amides is 1. The molecule has 0 saturated heterocycles. The molecule has 0 aliphatic carbocycles. The molecule has 0 atom stereocenters. The minimum absolute atomic E-state index is 0.0786. The maximum absolute atomic E-state index is 12.6. The second-order valence-electron chi connectivity index (χ2n) is 4.37. The summed E-state index contributed by atoms with van der Waals surface area (Å²) in [5, 5.41) is 6.71. The van der Waals surface area contributed by atoms with Crippen LogP contribution in [0.3, 0.4) is 0 Å². The molecule has 2 rings (SSSR count). The number of carbonyl (C=O) groups is 1. The number of nitrogens with one attached hydrogen (secondary N) is 2. The average Bonchev–Trinajstić information content (AvgIpc) is 2.97. The fraction of sp³-hybridized carbons (Fsp3) is 0.0667. The van der Waals surface area contributed by atoms with Gasteiger partial charge < -0.3 is 5.32 Å². The third-order valence-corrected chi connectivity index (χ3v) is 3.67. The summed E-state index contributed by atoms with van der Waals surface area (Å²) in [4.78, 5) is 12.6. The van der Waals surface area contributed by atoms with Crippen molar-refractivity contribution in [3.05, 3.63) is 58.3 Å². The summed E-state index contributed by atoms with van der Waals surface area (Å²) in [7, 11) is 0. The van der Waals surface area contributed by atoms with Crippen LogP contribution in [-0.4, -0.2) is 11.0 Å². The fourth-order valence-electron chi connectivity index (χ4n) is 1.63. The van der Waals surface area contributed by atoms with E-state index in [2.05, 4.69) is 10.6 Å². The van der Waals surface area contributed by atoms with Gasteiger partial charge in [0.2, 0.25) is 5.91 Å². The van der Waals surface area contributed by atoms with Crippen LogP contribution in [0.15, 0.2) is 47.9 Å². The SMILES string of the molecule is O=C(/C=C/c1cccs1)NC(=S)Nc1cccc(C(F)(F)F)c1. The molecule has 120 valence electrons. The number of anilines is 1. The minimum Gasteiger partial charge on any atom is -0.332 e. The van der Waals surface area contributed by atoms with Crippen molar-refractivity contribution in [2.75, 3.05) is 5.32 Å². The van der Waals surface area contributed by atoms with Crippen LogP contribution in [0.2, 0.25) is 0 Å². The van der Waals surface area contributed by atoms with Crippen molar-refractivity contribution >= 4 is 46.3 Å². The highest BCUT2D eigenvalue weighted by Crippen LogP contribution is 2.30. The van der Waals surface area contributed by atoms with E-state index < -0.39 is 17.6 Å². The summed E-state index contributed by atoms with van der Waals surface area (Å²) in [5.74, 6) is -0.470. The normalized spacial score (nSPS) is 11.4. The molecule has 0 aliphatic heterocycles. The van der Waals surface area contributed by atoms with Crippen molar-refractivity contribution in [2.24, 2.45) is 0 Å². The van der Waals surface area contributed by atoms with Crippen molar-refractivity contribution in [1.29, 1.82) is 0 Å². The number of thiocarbonyl (C=S) groups is 1. The average molecular weight is 356 g/mol. The lowest BCUT2D eigenvalue weighted by atomic mass is 10.2. The first-order valence-electron chi connectivity index (χ1n) is 6.35. The molecule has 0 aliphatic rings. The molecule has 1 aromatic heterocycles. The number of rotatable bonds is 3. The Morgan fingerprint density at radius 2 is 2.00 bits per heavy atom. The number of thiophene rings is 1. The Morgan fingerprint density at radius 1 is 1.22 bits per heavy atom. The molecular formula is C15H11F3N2OS2. The first-order chi connectivity index (χ1) is 10.8. The molecule has 1 aromatic carbocycles. The van der Waals surface area contributed by atoms with Gasteiger partial charge in [-0.3, -0.25) is 10.1 Å². The van der Waals surface area contributed by atoms with Crippen molar-refractivity contribution < 1.29 is 18.0 Å². The first kappa shape index (κ1) is 17.2. The van der Waals surface area contributed by atoms with Gasteiger partial charge in [0.1, 0.15) is 0 Å². The molecular weight excluding hydrogens is 345 g/mol. The zero-order chi connectivity index (χ0) is 16.9. The summed E-state index contributed by atoms with van der Waals surface area (Å²) < 4.78 is 37.8. The van der Waals surface area contributed by atoms with Crippen molar-refractivity contribution in [3.63, 3.8) is 0 Å². The maximum atomic E-state index is 12.6. The molecule has 1 amide bonds. The second-order valence-corrected chi connectivity index (χ2v) is 5.76. The van der Waals surface area contributed by atoms with Gasteiger partial charge in [0, 0.05) is 16.6 Å². The van der Waals surface area contributed by atoms with Gasteiger partial charge in [0.05, 0.1) is 5.56 Å². The van der Waals surface area contributed by atoms with Gasteiger partial charge in [0.25, 0.3) is 0 Å². The highest BCUT2D eigenvalue weighted by atomic mass is 32.1. The standard InChI is InChI=1S/C15H11F3N2OS2/c16-15(17,18)10-3-1-4-11(9-10)19-14(22)20-13(21)7-6-12-5-2-8-23-12/h1-9H,(H2,19,20,21,22)/b7-6+. The molecule has 2 N–H and O–H groups in total. The third kappa shape index (κ3) is 5.50. The largest absolute Gasteiger partial charge is 0.416 e. The van der Waals surface area contributed by atoms with Gasteiger partial charge in [-0.1, -0.05) is 12.1 Å². The van der Waals surface area contributed by atoms with E-state index in [1.165, 1.54) is 29.5 Å². The molecule has 23 heavy (non-hydrogen) atoms. The Kier molecular flexibility index (Phi) is 5.51. The number of hydrogen-bond acceptors (Lipinski definition) is 3. The van der Waals surface area contributed by atoms with E-state index >= 15 is 0 Å². The van der Waals surface area contributed by atoms with Crippen molar-refractivity contribution in [3.8, 4) is 0 Å². The lowest BCUT2D eigenvalue weighted by Gasteiger charge is -2.11. The van der Waals surface area contributed by atoms with E-state index in [0.717, 1.165) is 17.0 Å². The van der Waals surface area contributed by atoms with Gasteiger partial charge >= 0.3 is 6.18 Å². The minimum atomic E-state index is -4.44. The molecule has 1 heterocycles. The van der Waals surface area contributed by atoms with Crippen molar-refractivity contribution in [1.82, 2.24) is 5.32 Å². The van der Waals surface area contributed by atoms with Crippen LogP contribution in [0.4, 0.5) is 18.9 Å². The molecule has 8 heteroatoms. The molecule has 0 spiro atoms. The van der Waals surface area contributed by atoms with E-state index in [4.69, 9.17) is 12.2 Å². The number of hydrogen-bond donors (Lipinski definition) is 2. The molecule has 0 saturated carbocycles.